The van der Waals surface area contributed by atoms with Gasteiger partial charge >= 0.3 is 0 Å². The van der Waals surface area contributed by atoms with Crippen LogP contribution in [0.4, 0.5) is 5.69 Å². The summed E-state index contributed by atoms with van der Waals surface area (Å²) in [6.45, 7) is 3.47. The van der Waals surface area contributed by atoms with Gasteiger partial charge in [0, 0.05) is 12.1 Å². The second-order valence-corrected chi connectivity index (χ2v) is 4.15. The maximum Gasteiger partial charge on any atom is 0.269 e. The number of benzene rings is 1. The van der Waals surface area contributed by atoms with Crippen LogP contribution in [0.1, 0.15) is 12.0 Å². The average molecular weight is 277 g/mol. The molecule has 20 heavy (non-hydrogen) atoms. The predicted octanol–water partition coefficient (Wildman–Crippen LogP) is 0.684. The van der Waals surface area contributed by atoms with Crippen LogP contribution in [-0.2, 0) is 16.0 Å². The van der Waals surface area contributed by atoms with Crippen molar-refractivity contribution in [1.29, 1.82) is 0 Å². The number of nitrogens with zero attached hydrogens (tertiary/aromatic N) is 1. The minimum Gasteiger partial charge on any atom is -0.368 e. The van der Waals surface area contributed by atoms with Gasteiger partial charge in [0.1, 0.15) is 6.04 Å². The summed E-state index contributed by atoms with van der Waals surface area (Å²) in [4.78, 5) is 32.9. The lowest BCUT2D eigenvalue weighted by molar-refractivity contribution is -0.384. The highest BCUT2D eigenvalue weighted by atomic mass is 16.6. The molecule has 2 amide bonds. The monoisotopic (exact) mass is 277 g/mol. The van der Waals surface area contributed by atoms with E-state index < -0.39 is 22.8 Å². The third-order valence-electron chi connectivity index (χ3n) is 2.57. The van der Waals surface area contributed by atoms with Crippen LogP contribution in [0.2, 0.25) is 0 Å². The van der Waals surface area contributed by atoms with Gasteiger partial charge < -0.3 is 11.1 Å². The van der Waals surface area contributed by atoms with E-state index in [1.54, 1.807) is 6.07 Å². The summed E-state index contributed by atoms with van der Waals surface area (Å²) in [5, 5.41) is 13.1. The quantitative estimate of drug-likeness (QED) is 0.433. The molecule has 0 spiro atoms. The average Bonchev–Trinajstić information content (AvgIpc) is 2.38. The zero-order chi connectivity index (χ0) is 15.1. The number of nitro benzene ring substituents is 1. The van der Waals surface area contributed by atoms with Crippen LogP contribution in [0.15, 0.2) is 36.9 Å². The van der Waals surface area contributed by atoms with Crippen LogP contribution in [-0.4, -0.2) is 22.8 Å². The van der Waals surface area contributed by atoms with Gasteiger partial charge in [-0.25, -0.2) is 0 Å². The number of nitrogens with one attached hydrogen (secondary N) is 1. The topological polar surface area (TPSA) is 115 Å². The molecule has 106 valence electrons. The third kappa shape index (κ3) is 4.52. The van der Waals surface area contributed by atoms with Crippen molar-refractivity contribution in [3.8, 4) is 0 Å². The number of amides is 2. The van der Waals surface area contributed by atoms with Gasteiger partial charge in [-0.1, -0.05) is 18.2 Å². The van der Waals surface area contributed by atoms with Gasteiger partial charge in [-0.05, 0) is 12.0 Å². The summed E-state index contributed by atoms with van der Waals surface area (Å²) in [7, 11) is 0. The summed E-state index contributed by atoms with van der Waals surface area (Å²) < 4.78 is 0. The molecule has 0 aromatic heterocycles. The standard InChI is InChI=1S/C13H15N3O4/c1-2-4-11(13(14)18)15-12(17)8-9-5-3-6-10(7-9)16(19)20/h2-3,5-7,11H,1,4,8H2,(H2,14,18)(H,15,17)/t11-/m0/s1. The smallest absolute Gasteiger partial charge is 0.269 e. The Morgan fingerprint density at radius 3 is 2.75 bits per heavy atom. The van der Waals surface area contributed by atoms with E-state index in [2.05, 4.69) is 11.9 Å². The van der Waals surface area contributed by atoms with Crippen LogP contribution in [0.5, 0.6) is 0 Å². The van der Waals surface area contributed by atoms with Gasteiger partial charge in [0.05, 0.1) is 11.3 Å². The van der Waals surface area contributed by atoms with E-state index in [0.717, 1.165) is 0 Å². The molecular weight excluding hydrogens is 262 g/mol. The van der Waals surface area contributed by atoms with Crippen LogP contribution >= 0.6 is 0 Å². The first-order chi connectivity index (χ1) is 9.43. The number of carbonyl (C=O) groups is 2. The minimum absolute atomic E-state index is 0.0669. The Labute approximate surface area is 115 Å². The number of rotatable bonds is 7. The largest absolute Gasteiger partial charge is 0.368 e. The normalized spacial score (nSPS) is 11.4. The zero-order valence-electron chi connectivity index (χ0n) is 10.7. The number of hydrogen-bond acceptors (Lipinski definition) is 4. The van der Waals surface area contributed by atoms with Crippen LogP contribution in [0.3, 0.4) is 0 Å². The molecule has 0 heterocycles. The van der Waals surface area contributed by atoms with Gasteiger partial charge in [-0.2, -0.15) is 0 Å². The summed E-state index contributed by atoms with van der Waals surface area (Å²) in [5.74, 6) is -1.09. The van der Waals surface area contributed by atoms with E-state index in [9.17, 15) is 19.7 Å². The number of primary amides is 1. The maximum absolute atomic E-state index is 11.8. The van der Waals surface area contributed by atoms with E-state index in [1.165, 1.54) is 24.3 Å². The molecule has 0 aliphatic carbocycles. The fourth-order valence-electron chi connectivity index (χ4n) is 1.62. The lowest BCUT2D eigenvalue weighted by atomic mass is 10.1. The van der Waals surface area contributed by atoms with Crippen molar-refractivity contribution >= 4 is 17.5 Å². The highest BCUT2D eigenvalue weighted by Gasteiger charge is 2.17. The molecule has 3 N–H and O–H groups in total. The first-order valence-corrected chi connectivity index (χ1v) is 5.87. The van der Waals surface area contributed by atoms with Crippen molar-refractivity contribution in [3.63, 3.8) is 0 Å². The van der Waals surface area contributed by atoms with Gasteiger partial charge in [0.15, 0.2) is 0 Å². The number of carbonyl (C=O) groups excluding carboxylic acids is 2. The van der Waals surface area contributed by atoms with E-state index in [4.69, 9.17) is 5.73 Å². The second kappa shape index (κ2) is 7.03. The Balaban J connectivity index is 2.70. The van der Waals surface area contributed by atoms with Gasteiger partial charge in [0.25, 0.3) is 5.69 Å². The SMILES string of the molecule is C=CC[C@H](NC(=O)Cc1cccc([N+](=O)[O-])c1)C(N)=O. The molecule has 0 bridgehead atoms. The van der Waals surface area contributed by atoms with E-state index in [-0.39, 0.29) is 18.5 Å². The molecule has 0 radical (unpaired) electrons. The second-order valence-electron chi connectivity index (χ2n) is 4.15. The number of hydrogen-bond donors (Lipinski definition) is 2. The van der Waals surface area contributed by atoms with Crippen LogP contribution < -0.4 is 11.1 Å². The Morgan fingerprint density at radius 1 is 1.50 bits per heavy atom. The summed E-state index contributed by atoms with van der Waals surface area (Å²) in [6.07, 6.45) is 1.64. The van der Waals surface area contributed by atoms with Gasteiger partial charge in [0.2, 0.25) is 11.8 Å². The highest BCUT2D eigenvalue weighted by Crippen LogP contribution is 2.13. The predicted molar refractivity (Wildman–Crippen MR) is 72.7 cm³/mol. The van der Waals surface area contributed by atoms with Crippen LogP contribution in [0, 0.1) is 10.1 Å². The molecule has 1 rings (SSSR count). The van der Waals surface area contributed by atoms with Gasteiger partial charge in [-0.3, -0.25) is 19.7 Å². The van der Waals surface area contributed by atoms with Crippen molar-refractivity contribution in [1.82, 2.24) is 5.32 Å². The summed E-state index contributed by atoms with van der Waals surface area (Å²) in [5.41, 5.74) is 5.53. The fourth-order valence-corrected chi connectivity index (χ4v) is 1.62. The number of nitro groups is 1. The molecule has 0 aliphatic rings. The molecular formula is C13H15N3O4. The van der Waals surface area contributed by atoms with E-state index >= 15 is 0 Å². The lowest BCUT2D eigenvalue weighted by Gasteiger charge is -2.13. The number of non-ortho nitro benzene ring substituents is 1. The summed E-state index contributed by atoms with van der Waals surface area (Å²) in [6, 6.07) is 4.92. The Kier molecular flexibility index (Phi) is 5.40. The Hall–Kier alpha value is -2.70. The molecule has 0 unspecified atom stereocenters. The van der Waals surface area contributed by atoms with Crippen molar-refractivity contribution < 1.29 is 14.5 Å². The third-order valence-corrected chi connectivity index (χ3v) is 2.57. The first-order valence-electron chi connectivity index (χ1n) is 5.87. The minimum atomic E-state index is -0.821. The van der Waals surface area contributed by atoms with Crippen molar-refractivity contribution in [3.05, 3.63) is 52.6 Å². The molecule has 7 heteroatoms. The van der Waals surface area contributed by atoms with Gasteiger partial charge in [-0.15, -0.1) is 6.58 Å². The fraction of sp³-hybridized carbons (Fsp3) is 0.231. The molecule has 0 fully saturated rings. The highest BCUT2D eigenvalue weighted by molar-refractivity contribution is 5.87. The Bertz CT molecular complexity index is 542. The zero-order valence-corrected chi connectivity index (χ0v) is 10.7. The molecule has 0 saturated heterocycles. The maximum atomic E-state index is 11.8. The van der Waals surface area contributed by atoms with Crippen molar-refractivity contribution in [2.24, 2.45) is 5.73 Å². The lowest BCUT2D eigenvalue weighted by Crippen LogP contribution is -2.44. The molecule has 1 atom stereocenters. The number of nitrogens with two attached hydrogens (primary N) is 1. The molecule has 7 nitrogen and oxygen atoms in total. The van der Waals surface area contributed by atoms with E-state index in [1.807, 2.05) is 0 Å². The van der Waals surface area contributed by atoms with Crippen molar-refractivity contribution in [2.45, 2.75) is 18.9 Å². The van der Waals surface area contributed by atoms with Crippen LogP contribution in [0.25, 0.3) is 0 Å². The Morgan fingerprint density at radius 2 is 2.20 bits per heavy atom. The first kappa shape index (κ1) is 15.4. The molecule has 0 saturated carbocycles. The molecule has 1 aromatic carbocycles. The molecule has 0 aliphatic heterocycles. The summed E-state index contributed by atoms with van der Waals surface area (Å²) >= 11 is 0. The molecule has 1 aromatic rings. The van der Waals surface area contributed by atoms with E-state index in [0.29, 0.717) is 5.56 Å². The van der Waals surface area contributed by atoms with Crippen molar-refractivity contribution in [2.75, 3.05) is 0 Å².